The average Bonchev–Trinajstić information content (AvgIpc) is 3.43. The third kappa shape index (κ3) is 5.80. The number of fused-ring (bicyclic) bond motifs is 2. The van der Waals surface area contributed by atoms with Gasteiger partial charge < -0.3 is 20.4 Å². The van der Waals surface area contributed by atoms with Gasteiger partial charge in [0.25, 0.3) is 5.91 Å². The summed E-state index contributed by atoms with van der Waals surface area (Å²) in [6, 6.07) is 3.67. The zero-order valence-electron chi connectivity index (χ0n) is 23.3. The van der Waals surface area contributed by atoms with Gasteiger partial charge in [-0.15, -0.1) is 0 Å². The van der Waals surface area contributed by atoms with Crippen LogP contribution in [0.15, 0.2) is 30.7 Å². The van der Waals surface area contributed by atoms with Crippen molar-refractivity contribution in [2.45, 2.75) is 58.4 Å². The van der Waals surface area contributed by atoms with Gasteiger partial charge in [0.05, 0.1) is 23.2 Å². The molecule has 2 aromatic heterocycles. The summed E-state index contributed by atoms with van der Waals surface area (Å²) in [5.41, 5.74) is 2.78. The number of amides is 1. The van der Waals surface area contributed by atoms with Crippen LogP contribution in [0.1, 0.15) is 54.0 Å². The number of hydrogen-bond donors (Lipinski definition) is 3. The van der Waals surface area contributed by atoms with Gasteiger partial charge >= 0.3 is 0 Å². The summed E-state index contributed by atoms with van der Waals surface area (Å²) in [7, 11) is 0. The third-order valence-corrected chi connectivity index (χ3v) is 7.62. The van der Waals surface area contributed by atoms with Crippen LogP contribution in [0.3, 0.4) is 0 Å². The standard InChI is InChI=1S/C28H37F2N7O3/c1-17-11-31-25-21(12-32-37(25)13-17)26(38)33-22-9-19-15-36(16-24(30)28(3,4)40)27(39)20(19)10-23(22)35-7-5-34(6-8-35)14-18(2)29/h9-13,18,24,27,39-40H,5-8,14-16H2,1-4H3,(H,33,38)/t18?,24-,27?/m1/s1. The molecule has 10 nitrogen and oxygen atoms in total. The summed E-state index contributed by atoms with van der Waals surface area (Å²) in [6.07, 6.45) is 1.40. The molecular weight excluding hydrogens is 520 g/mol. The highest BCUT2D eigenvalue weighted by Gasteiger charge is 2.36. The predicted molar refractivity (Wildman–Crippen MR) is 148 cm³/mol. The van der Waals surface area contributed by atoms with E-state index in [1.165, 1.54) is 20.0 Å². The first-order valence-corrected chi connectivity index (χ1v) is 13.6. The van der Waals surface area contributed by atoms with E-state index in [1.807, 2.05) is 19.1 Å². The Kier molecular flexibility index (Phi) is 7.79. The molecule has 3 N–H and O–H groups in total. The van der Waals surface area contributed by atoms with E-state index in [4.69, 9.17) is 0 Å². The molecule has 1 saturated heterocycles. The molecule has 3 aromatic rings. The lowest BCUT2D eigenvalue weighted by atomic mass is 10.0. The molecule has 0 saturated carbocycles. The quantitative estimate of drug-likeness (QED) is 0.388. The number of halogens is 2. The zero-order valence-corrected chi connectivity index (χ0v) is 23.3. The number of nitrogens with zero attached hydrogens (tertiary/aromatic N) is 6. The van der Waals surface area contributed by atoms with Gasteiger partial charge in [-0.05, 0) is 51.0 Å². The Hall–Kier alpha value is -3.19. The molecule has 0 aliphatic carbocycles. The lowest BCUT2D eigenvalue weighted by Gasteiger charge is -2.37. The van der Waals surface area contributed by atoms with E-state index in [2.05, 4.69) is 25.2 Å². The van der Waals surface area contributed by atoms with Crippen LogP contribution in [0, 0.1) is 6.92 Å². The SMILES string of the molecule is Cc1cnc2c(C(=O)Nc3cc4c(cc3N3CCN(CC(C)F)CC3)C(O)N(C[C@@H](F)C(C)(C)O)C4)cnn2c1. The van der Waals surface area contributed by atoms with Crippen LogP contribution in [0.5, 0.6) is 0 Å². The zero-order chi connectivity index (χ0) is 28.8. The van der Waals surface area contributed by atoms with E-state index in [-0.39, 0.29) is 19.0 Å². The van der Waals surface area contributed by atoms with Crippen molar-refractivity contribution < 1.29 is 23.8 Å². The number of aliphatic hydroxyl groups excluding tert-OH is 1. The fraction of sp³-hybridized carbons (Fsp3) is 0.536. The maximum absolute atomic E-state index is 14.7. The minimum atomic E-state index is -1.56. The van der Waals surface area contributed by atoms with Crippen LogP contribution in [-0.4, -0.2) is 97.7 Å². The Morgan fingerprint density at radius 2 is 1.90 bits per heavy atom. The van der Waals surface area contributed by atoms with Crippen molar-refractivity contribution in [3.8, 4) is 0 Å². The fourth-order valence-corrected chi connectivity index (χ4v) is 5.33. The van der Waals surface area contributed by atoms with Crippen molar-refractivity contribution in [2.24, 2.45) is 0 Å². The first kappa shape index (κ1) is 28.3. The molecule has 1 fully saturated rings. The number of piperazine rings is 1. The van der Waals surface area contributed by atoms with Crippen molar-refractivity contribution in [1.82, 2.24) is 24.4 Å². The van der Waals surface area contributed by atoms with Crippen LogP contribution in [-0.2, 0) is 6.54 Å². The number of carbonyl (C=O) groups excluding carboxylic acids is 1. The summed E-state index contributed by atoms with van der Waals surface area (Å²) < 4.78 is 29.8. The highest BCUT2D eigenvalue weighted by atomic mass is 19.1. The normalized spacial score (nSPS) is 20.1. The molecule has 2 unspecified atom stereocenters. The third-order valence-electron chi connectivity index (χ3n) is 7.62. The minimum absolute atomic E-state index is 0.149. The lowest BCUT2D eigenvalue weighted by Crippen LogP contribution is -2.48. The van der Waals surface area contributed by atoms with Crippen molar-refractivity contribution in [2.75, 3.05) is 49.5 Å². The summed E-state index contributed by atoms with van der Waals surface area (Å²) in [4.78, 5) is 23.6. The van der Waals surface area contributed by atoms with Crippen molar-refractivity contribution in [3.05, 3.63) is 53.0 Å². The number of anilines is 2. The average molecular weight is 558 g/mol. The highest BCUT2D eigenvalue weighted by molar-refractivity contribution is 6.09. The van der Waals surface area contributed by atoms with Gasteiger partial charge in [-0.25, -0.2) is 18.3 Å². The van der Waals surface area contributed by atoms with E-state index in [0.717, 1.165) is 16.8 Å². The number of aliphatic hydroxyl groups is 2. The Morgan fingerprint density at radius 1 is 1.18 bits per heavy atom. The van der Waals surface area contributed by atoms with Crippen molar-refractivity contribution >= 4 is 22.9 Å². The van der Waals surface area contributed by atoms with Gasteiger partial charge in [-0.2, -0.15) is 5.10 Å². The smallest absolute Gasteiger partial charge is 0.261 e. The van der Waals surface area contributed by atoms with Gasteiger partial charge in [0.15, 0.2) is 5.65 Å². The number of carbonyl (C=O) groups is 1. The summed E-state index contributed by atoms with van der Waals surface area (Å²) in [5.74, 6) is -0.376. The van der Waals surface area contributed by atoms with Crippen LogP contribution in [0.25, 0.3) is 5.65 Å². The molecular formula is C28H37F2N7O3. The maximum Gasteiger partial charge on any atom is 0.261 e. The van der Waals surface area contributed by atoms with Gasteiger partial charge in [0.1, 0.15) is 24.1 Å². The Bertz CT molecular complexity index is 1380. The van der Waals surface area contributed by atoms with E-state index in [1.54, 1.807) is 28.7 Å². The second-order valence-corrected chi connectivity index (χ2v) is 11.5. The largest absolute Gasteiger partial charge is 0.387 e. The molecule has 1 aromatic carbocycles. The van der Waals surface area contributed by atoms with Gasteiger partial charge in [-0.3, -0.25) is 14.6 Å². The van der Waals surface area contributed by atoms with Crippen LogP contribution >= 0.6 is 0 Å². The number of nitrogens with one attached hydrogen (secondary N) is 1. The number of benzene rings is 1. The first-order chi connectivity index (χ1) is 18.9. The minimum Gasteiger partial charge on any atom is -0.387 e. The molecule has 3 atom stereocenters. The summed E-state index contributed by atoms with van der Waals surface area (Å²) >= 11 is 0. The van der Waals surface area contributed by atoms with Gasteiger partial charge in [-0.1, -0.05) is 0 Å². The van der Waals surface area contributed by atoms with E-state index in [9.17, 15) is 23.8 Å². The van der Waals surface area contributed by atoms with Crippen LogP contribution in [0.4, 0.5) is 20.2 Å². The number of aryl methyl sites for hydroxylation is 1. The highest BCUT2D eigenvalue weighted by Crippen LogP contribution is 2.40. The molecule has 2 aliphatic heterocycles. The maximum atomic E-state index is 14.7. The number of hydrogen-bond acceptors (Lipinski definition) is 8. The topological polar surface area (TPSA) is 109 Å². The number of rotatable bonds is 8. The Morgan fingerprint density at radius 3 is 2.58 bits per heavy atom. The first-order valence-electron chi connectivity index (χ1n) is 13.6. The predicted octanol–water partition coefficient (Wildman–Crippen LogP) is 2.69. The molecule has 0 radical (unpaired) electrons. The number of aromatic nitrogens is 3. The Labute approximate surface area is 232 Å². The number of alkyl halides is 2. The van der Waals surface area contributed by atoms with Gasteiger partial charge in [0.2, 0.25) is 0 Å². The van der Waals surface area contributed by atoms with E-state index < -0.39 is 24.2 Å². The molecule has 4 heterocycles. The van der Waals surface area contributed by atoms with Gasteiger partial charge in [0, 0.05) is 63.8 Å². The molecule has 216 valence electrons. The molecule has 12 heteroatoms. The van der Waals surface area contributed by atoms with Crippen LogP contribution in [0.2, 0.25) is 0 Å². The summed E-state index contributed by atoms with van der Waals surface area (Å²) in [6.45, 7) is 9.24. The van der Waals surface area contributed by atoms with Crippen molar-refractivity contribution in [3.63, 3.8) is 0 Å². The molecule has 0 bridgehead atoms. The second kappa shape index (κ2) is 11.0. The fourth-order valence-electron chi connectivity index (χ4n) is 5.33. The monoisotopic (exact) mass is 557 g/mol. The van der Waals surface area contributed by atoms with E-state index in [0.29, 0.717) is 55.2 Å². The summed E-state index contributed by atoms with van der Waals surface area (Å²) in [5, 5.41) is 28.5. The lowest BCUT2D eigenvalue weighted by molar-refractivity contribution is -0.0547. The van der Waals surface area contributed by atoms with Crippen LogP contribution < -0.4 is 10.2 Å². The van der Waals surface area contributed by atoms with Crippen molar-refractivity contribution in [1.29, 1.82) is 0 Å². The van der Waals surface area contributed by atoms with E-state index >= 15 is 0 Å². The molecule has 0 spiro atoms. The molecule has 1 amide bonds. The second-order valence-electron chi connectivity index (χ2n) is 11.5. The molecule has 2 aliphatic rings. The molecule has 5 rings (SSSR count). The molecule has 40 heavy (non-hydrogen) atoms. The Balaban J connectivity index is 1.45.